The first-order valence-electron chi connectivity index (χ1n) is 10.1. The molecule has 0 radical (unpaired) electrons. The van der Waals surface area contributed by atoms with Crippen molar-refractivity contribution < 1.29 is 9.18 Å². The van der Waals surface area contributed by atoms with Crippen LogP contribution in [0.2, 0.25) is 0 Å². The molecule has 0 N–H and O–H groups in total. The van der Waals surface area contributed by atoms with E-state index in [1.165, 1.54) is 12.1 Å². The number of benzene rings is 1. The normalized spacial score (nSPS) is 15.3. The van der Waals surface area contributed by atoms with Crippen molar-refractivity contribution in [2.75, 3.05) is 31.1 Å². The van der Waals surface area contributed by atoms with Gasteiger partial charge < -0.3 is 9.80 Å². The largest absolute Gasteiger partial charge is 0.346 e. The molecular weight excluding hydrogens is 389 g/mol. The quantitative estimate of drug-likeness (QED) is 0.646. The van der Waals surface area contributed by atoms with Crippen LogP contribution in [0.15, 0.2) is 24.3 Å². The minimum atomic E-state index is -0.269. The van der Waals surface area contributed by atoms with E-state index >= 15 is 0 Å². The number of anilines is 1. The van der Waals surface area contributed by atoms with Gasteiger partial charge in [-0.2, -0.15) is 10.1 Å². The smallest absolute Gasteiger partial charge is 0.222 e. The Labute approximate surface area is 173 Å². The molecule has 1 saturated heterocycles. The molecular formula is C21H26FN5OS. The van der Waals surface area contributed by atoms with Crippen molar-refractivity contribution in [3.8, 4) is 5.69 Å². The van der Waals surface area contributed by atoms with Crippen LogP contribution >= 0.6 is 11.3 Å². The van der Waals surface area contributed by atoms with Crippen LogP contribution in [-0.4, -0.2) is 51.8 Å². The van der Waals surface area contributed by atoms with Crippen molar-refractivity contribution in [3.05, 3.63) is 35.8 Å². The van der Waals surface area contributed by atoms with Gasteiger partial charge in [0, 0.05) is 32.6 Å². The van der Waals surface area contributed by atoms with Gasteiger partial charge in [-0.15, -0.1) is 0 Å². The van der Waals surface area contributed by atoms with Crippen molar-refractivity contribution in [1.29, 1.82) is 0 Å². The molecule has 0 bridgehead atoms. The molecule has 29 heavy (non-hydrogen) atoms. The second-order valence-electron chi connectivity index (χ2n) is 7.94. The zero-order valence-electron chi connectivity index (χ0n) is 17.1. The number of amides is 1. The van der Waals surface area contributed by atoms with Crippen LogP contribution in [0.3, 0.4) is 0 Å². The fourth-order valence-electron chi connectivity index (χ4n) is 3.66. The summed E-state index contributed by atoms with van der Waals surface area (Å²) in [5.74, 6) is 0.353. The van der Waals surface area contributed by atoms with Crippen molar-refractivity contribution in [2.45, 2.75) is 33.6 Å². The van der Waals surface area contributed by atoms with Crippen LogP contribution in [-0.2, 0) is 4.79 Å². The molecule has 1 aliphatic rings. The molecule has 0 atom stereocenters. The van der Waals surface area contributed by atoms with Gasteiger partial charge in [0.25, 0.3) is 0 Å². The molecule has 0 spiro atoms. The minimum absolute atomic E-state index is 0.244. The van der Waals surface area contributed by atoms with Gasteiger partial charge in [0.1, 0.15) is 5.82 Å². The molecule has 0 saturated carbocycles. The highest BCUT2D eigenvalue weighted by molar-refractivity contribution is 7.22. The third kappa shape index (κ3) is 4.12. The zero-order chi connectivity index (χ0) is 20.5. The van der Waals surface area contributed by atoms with Gasteiger partial charge in [-0.3, -0.25) is 4.79 Å². The van der Waals surface area contributed by atoms with Crippen molar-refractivity contribution in [2.24, 2.45) is 5.92 Å². The molecule has 1 amide bonds. The maximum absolute atomic E-state index is 13.3. The Morgan fingerprint density at radius 1 is 1.17 bits per heavy atom. The van der Waals surface area contributed by atoms with Crippen LogP contribution in [0.25, 0.3) is 16.0 Å². The Morgan fingerprint density at radius 2 is 1.93 bits per heavy atom. The first kappa shape index (κ1) is 19.8. The van der Waals surface area contributed by atoms with Crippen LogP contribution < -0.4 is 4.90 Å². The Hall–Kier alpha value is -2.48. The van der Waals surface area contributed by atoms with Crippen molar-refractivity contribution in [3.63, 3.8) is 0 Å². The number of rotatable bonds is 4. The van der Waals surface area contributed by atoms with Crippen LogP contribution in [0, 0.1) is 18.7 Å². The summed E-state index contributed by atoms with van der Waals surface area (Å²) >= 11 is 1.63. The van der Waals surface area contributed by atoms with E-state index in [0.29, 0.717) is 12.3 Å². The molecule has 3 aromatic rings. The zero-order valence-corrected chi connectivity index (χ0v) is 17.9. The Morgan fingerprint density at radius 3 is 2.66 bits per heavy atom. The fraction of sp³-hybridized carbons (Fsp3) is 0.476. The van der Waals surface area contributed by atoms with Gasteiger partial charge in [0.15, 0.2) is 10.8 Å². The monoisotopic (exact) mass is 415 g/mol. The number of fused-ring (bicyclic) bond motifs is 1. The van der Waals surface area contributed by atoms with E-state index in [1.807, 2.05) is 11.8 Å². The lowest BCUT2D eigenvalue weighted by Gasteiger charge is -2.22. The second-order valence-corrected chi connectivity index (χ2v) is 8.92. The molecule has 1 aromatic carbocycles. The highest BCUT2D eigenvalue weighted by atomic mass is 32.1. The van der Waals surface area contributed by atoms with Gasteiger partial charge in [-0.05, 0) is 43.5 Å². The van der Waals surface area contributed by atoms with E-state index in [2.05, 4.69) is 23.8 Å². The molecule has 0 unspecified atom stereocenters. The van der Waals surface area contributed by atoms with E-state index in [9.17, 15) is 9.18 Å². The standard InChI is InChI=1S/C21H26FN5OS/c1-14(2)13-18(28)25-9-4-10-26(12-11-25)21-23-20-19(29-21)15(3)24-27(20)17-7-5-16(22)6-8-17/h5-8,14H,4,9-13H2,1-3H3. The Balaban J connectivity index is 1.56. The summed E-state index contributed by atoms with van der Waals surface area (Å²) < 4.78 is 16.1. The minimum Gasteiger partial charge on any atom is -0.346 e. The second kappa shape index (κ2) is 8.10. The van der Waals surface area contributed by atoms with Crippen molar-refractivity contribution in [1.82, 2.24) is 19.7 Å². The number of aryl methyl sites for hydroxylation is 1. The summed E-state index contributed by atoms with van der Waals surface area (Å²) in [5, 5.41) is 5.54. The van der Waals surface area contributed by atoms with E-state index in [4.69, 9.17) is 4.98 Å². The summed E-state index contributed by atoms with van der Waals surface area (Å²) in [6.45, 7) is 9.32. The third-order valence-corrected chi connectivity index (χ3v) is 6.36. The Bertz CT molecular complexity index is 1010. The fourth-order valence-corrected chi connectivity index (χ4v) is 4.70. The lowest BCUT2D eigenvalue weighted by atomic mass is 10.1. The molecule has 1 fully saturated rings. The highest BCUT2D eigenvalue weighted by Gasteiger charge is 2.23. The molecule has 6 nitrogen and oxygen atoms in total. The van der Waals surface area contributed by atoms with Gasteiger partial charge in [0.05, 0.1) is 16.1 Å². The molecule has 4 rings (SSSR count). The van der Waals surface area contributed by atoms with Gasteiger partial charge in [0.2, 0.25) is 5.91 Å². The highest BCUT2D eigenvalue weighted by Crippen LogP contribution is 2.33. The van der Waals surface area contributed by atoms with E-state index in [0.717, 1.165) is 59.5 Å². The molecule has 154 valence electrons. The van der Waals surface area contributed by atoms with Crippen molar-refractivity contribution >= 4 is 32.7 Å². The van der Waals surface area contributed by atoms with E-state index < -0.39 is 0 Å². The summed E-state index contributed by atoms with van der Waals surface area (Å²) in [6, 6.07) is 6.29. The average Bonchev–Trinajstić information content (AvgIpc) is 3.13. The maximum Gasteiger partial charge on any atom is 0.222 e. The van der Waals surface area contributed by atoms with Crippen LogP contribution in [0.5, 0.6) is 0 Å². The Kier molecular flexibility index (Phi) is 5.54. The number of hydrogen-bond donors (Lipinski definition) is 0. The molecule has 3 heterocycles. The molecule has 1 aliphatic heterocycles. The lowest BCUT2D eigenvalue weighted by Crippen LogP contribution is -2.35. The number of nitrogens with zero attached hydrogens (tertiary/aromatic N) is 5. The predicted molar refractivity (Wildman–Crippen MR) is 114 cm³/mol. The van der Waals surface area contributed by atoms with E-state index in [1.54, 1.807) is 28.2 Å². The summed E-state index contributed by atoms with van der Waals surface area (Å²) in [7, 11) is 0. The summed E-state index contributed by atoms with van der Waals surface area (Å²) in [4.78, 5) is 21.5. The average molecular weight is 416 g/mol. The first-order chi connectivity index (χ1) is 13.9. The number of thiazole rings is 1. The van der Waals surface area contributed by atoms with Crippen LogP contribution in [0.1, 0.15) is 32.4 Å². The SMILES string of the molecule is Cc1nn(-c2ccc(F)cc2)c2nc(N3CCCN(C(=O)CC(C)C)CC3)sc12. The number of halogens is 1. The molecule has 8 heteroatoms. The summed E-state index contributed by atoms with van der Waals surface area (Å²) in [5.41, 5.74) is 2.51. The first-order valence-corrected chi connectivity index (χ1v) is 10.9. The van der Waals surface area contributed by atoms with Gasteiger partial charge in [-0.1, -0.05) is 25.2 Å². The topological polar surface area (TPSA) is 54.3 Å². The lowest BCUT2D eigenvalue weighted by molar-refractivity contribution is -0.131. The van der Waals surface area contributed by atoms with Crippen LogP contribution in [0.4, 0.5) is 9.52 Å². The summed E-state index contributed by atoms with van der Waals surface area (Å²) in [6.07, 6.45) is 1.54. The number of hydrogen-bond acceptors (Lipinski definition) is 5. The maximum atomic E-state index is 13.3. The number of carbonyl (C=O) groups excluding carboxylic acids is 1. The number of aromatic nitrogens is 3. The van der Waals surface area contributed by atoms with Gasteiger partial charge >= 0.3 is 0 Å². The predicted octanol–water partition coefficient (Wildman–Crippen LogP) is 4.01. The third-order valence-electron chi connectivity index (χ3n) is 5.15. The van der Waals surface area contributed by atoms with E-state index in [-0.39, 0.29) is 11.7 Å². The van der Waals surface area contributed by atoms with Gasteiger partial charge in [-0.25, -0.2) is 9.07 Å². The number of carbonyl (C=O) groups is 1. The molecule has 0 aliphatic carbocycles. The molecule has 2 aromatic heterocycles.